The van der Waals surface area contributed by atoms with E-state index in [1.54, 1.807) is 0 Å². The second-order valence-corrected chi connectivity index (χ2v) is 3.19. The normalized spacial score (nSPS) is 9.86. The fraction of sp³-hybridized carbons (Fsp3) is 0.700. The van der Waals surface area contributed by atoms with Gasteiger partial charge >= 0.3 is 0 Å². The van der Waals surface area contributed by atoms with Crippen molar-refractivity contribution >= 4 is 12.4 Å². The topological polar surface area (TPSA) is 29.9 Å². The first-order chi connectivity index (χ1) is 6.36. The molecule has 0 fully saturated rings. The number of halogens is 1. The van der Waals surface area contributed by atoms with Crippen LogP contribution in [-0.4, -0.2) is 16.3 Å². The van der Waals surface area contributed by atoms with Gasteiger partial charge in [0.1, 0.15) is 0 Å². The van der Waals surface area contributed by atoms with Gasteiger partial charge in [-0.2, -0.15) is 5.10 Å². The first-order valence-electron chi connectivity index (χ1n) is 5.09. The molecule has 0 saturated carbocycles. The van der Waals surface area contributed by atoms with Crippen LogP contribution in [0.15, 0.2) is 12.3 Å². The van der Waals surface area contributed by atoms with Gasteiger partial charge in [0.05, 0.1) is 5.69 Å². The molecule has 4 heteroatoms. The van der Waals surface area contributed by atoms with E-state index in [2.05, 4.69) is 30.3 Å². The summed E-state index contributed by atoms with van der Waals surface area (Å²) < 4.78 is 1.96. The second-order valence-electron chi connectivity index (χ2n) is 3.19. The zero-order valence-electron chi connectivity index (χ0n) is 8.99. The monoisotopic (exact) mass is 217 g/mol. The van der Waals surface area contributed by atoms with Gasteiger partial charge in [0.2, 0.25) is 0 Å². The summed E-state index contributed by atoms with van der Waals surface area (Å²) in [6.45, 7) is 7.24. The third kappa shape index (κ3) is 4.63. The number of nitrogens with zero attached hydrogens (tertiary/aromatic N) is 2. The molecule has 0 amide bonds. The molecule has 1 rings (SSSR count). The average Bonchev–Trinajstić information content (AvgIpc) is 2.60. The van der Waals surface area contributed by atoms with Crippen LogP contribution in [0.1, 0.15) is 32.4 Å². The molecule has 0 spiro atoms. The van der Waals surface area contributed by atoms with E-state index in [0.29, 0.717) is 0 Å². The smallest absolute Gasteiger partial charge is 0.0762 e. The molecule has 82 valence electrons. The molecular formula is C10H20ClN3. The van der Waals surface area contributed by atoms with Gasteiger partial charge in [-0.15, -0.1) is 12.4 Å². The van der Waals surface area contributed by atoms with Crippen LogP contribution in [0.5, 0.6) is 0 Å². The highest BCUT2D eigenvalue weighted by atomic mass is 35.5. The number of nitrogens with one attached hydrogen (secondary N) is 1. The van der Waals surface area contributed by atoms with Gasteiger partial charge in [-0.3, -0.25) is 4.68 Å². The lowest BCUT2D eigenvalue weighted by atomic mass is 10.3. The molecule has 0 atom stereocenters. The molecule has 1 N–H and O–H groups in total. The highest BCUT2D eigenvalue weighted by Gasteiger charge is 1.95. The maximum Gasteiger partial charge on any atom is 0.0762 e. The Morgan fingerprint density at radius 3 is 2.79 bits per heavy atom. The number of rotatable bonds is 6. The molecule has 0 aromatic carbocycles. The first kappa shape index (κ1) is 13.5. The van der Waals surface area contributed by atoms with E-state index in [4.69, 9.17) is 0 Å². The van der Waals surface area contributed by atoms with Gasteiger partial charge in [-0.25, -0.2) is 0 Å². The Labute approximate surface area is 92.3 Å². The van der Waals surface area contributed by atoms with Crippen molar-refractivity contribution in [3.63, 3.8) is 0 Å². The fourth-order valence-corrected chi connectivity index (χ4v) is 1.19. The third-order valence-corrected chi connectivity index (χ3v) is 2.03. The van der Waals surface area contributed by atoms with Crippen molar-refractivity contribution in [3.05, 3.63) is 18.0 Å². The molecule has 1 aromatic rings. The zero-order chi connectivity index (χ0) is 9.52. The average molecular weight is 218 g/mol. The zero-order valence-corrected chi connectivity index (χ0v) is 9.81. The molecule has 0 radical (unpaired) electrons. The summed E-state index contributed by atoms with van der Waals surface area (Å²) in [5.74, 6) is 0. The fourth-order valence-electron chi connectivity index (χ4n) is 1.19. The predicted molar refractivity (Wildman–Crippen MR) is 61.8 cm³/mol. The Balaban J connectivity index is 0.00000169. The number of unbranched alkanes of at least 4 members (excludes halogenated alkanes) is 1. The third-order valence-electron chi connectivity index (χ3n) is 2.03. The van der Waals surface area contributed by atoms with E-state index in [9.17, 15) is 0 Å². The summed E-state index contributed by atoms with van der Waals surface area (Å²) in [5, 5.41) is 7.74. The maximum atomic E-state index is 4.38. The van der Waals surface area contributed by atoms with Crippen LogP contribution < -0.4 is 5.32 Å². The number of aromatic nitrogens is 2. The van der Waals surface area contributed by atoms with Crippen molar-refractivity contribution in [1.29, 1.82) is 0 Å². The van der Waals surface area contributed by atoms with Crippen molar-refractivity contribution < 1.29 is 0 Å². The summed E-state index contributed by atoms with van der Waals surface area (Å²) >= 11 is 0. The Bertz CT molecular complexity index is 235. The van der Waals surface area contributed by atoms with Crippen molar-refractivity contribution in [2.24, 2.45) is 0 Å². The number of aryl methyl sites for hydroxylation is 1. The first-order valence-corrected chi connectivity index (χ1v) is 5.09. The van der Waals surface area contributed by atoms with Crippen molar-refractivity contribution in [2.75, 3.05) is 6.54 Å². The lowest BCUT2D eigenvalue weighted by Crippen LogP contribution is -2.15. The van der Waals surface area contributed by atoms with E-state index >= 15 is 0 Å². The van der Waals surface area contributed by atoms with E-state index in [0.717, 1.165) is 25.3 Å². The van der Waals surface area contributed by atoms with Crippen molar-refractivity contribution in [3.8, 4) is 0 Å². The molecule has 1 heterocycles. The molecule has 0 aliphatic carbocycles. The summed E-state index contributed by atoms with van der Waals surface area (Å²) in [6.07, 6.45) is 4.52. The highest BCUT2D eigenvalue weighted by molar-refractivity contribution is 5.85. The van der Waals surface area contributed by atoms with Gasteiger partial charge in [-0.05, 0) is 26.0 Å². The minimum atomic E-state index is 0. The molecule has 0 saturated heterocycles. The van der Waals surface area contributed by atoms with Crippen molar-refractivity contribution in [1.82, 2.24) is 15.1 Å². The summed E-state index contributed by atoms with van der Waals surface area (Å²) in [4.78, 5) is 0. The van der Waals surface area contributed by atoms with E-state index in [-0.39, 0.29) is 12.4 Å². The van der Waals surface area contributed by atoms with Gasteiger partial charge < -0.3 is 5.32 Å². The molecule has 1 aromatic heterocycles. The van der Waals surface area contributed by atoms with E-state index < -0.39 is 0 Å². The standard InChI is InChI=1S/C10H19N3.ClH/c1-3-5-7-11-9-10-6-8-13(4-2)12-10;/h6,8,11H,3-5,7,9H2,1-2H3;1H. The Morgan fingerprint density at radius 2 is 2.21 bits per heavy atom. The SMILES string of the molecule is CCCCNCc1ccn(CC)n1.Cl. The molecule has 3 nitrogen and oxygen atoms in total. The van der Waals surface area contributed by atoms with Gasteiger partial charge in [0, 0.05) is 19.3 Å². The Hall–Kier alpha value is -0.540. The van der Waals surface area contributed by atoms with Gasteiger partial charge in [-0.1, -0.05) is 13.3 Å². The van der Waals surface area contributed by atoms with Crippen LogP contribution >= 0.6 is 12.4 Å². The van der Waals surface area contributed by atoms with Crippen molar-refractivity contribution in [2.45, 2.75) is 39.8 Å². The molecule has 0 aliphatic rings. The van der Waals surface area contributed by atoms with Crippen LogP contribution in [0.2, 0.25) is 0 Å². The quantitative estimate of drug-likeness (QED) is 0.741. The molecule has 14 heavy (non-hydrogen) atoms. The highest BCUT2D eigenvalue weighted by Crippen LogP contribution is 1.95. The lowest BCUT2D eigenvalue weighted by molar-refractivity contribution is 0.604. The van der Waals surface area contributed by atoms with Crippen LogP contribution in [-0.2, 0) is 13.1 Å². The van der Waals surface area contributed by atoms with Crippen LogP contribution in [0.25, 0.3) is 0 Å². The summed E-state index contributed by atoms with van der Waals surface area (Å²) in [5.41, 5.74) is 1.14. The van der Waals surface area contributed by atoms with E-state index in [1.165, 1.54) is 12.8 Å². The molecule has 0 bridgehead atoms. The van der Waals surface area contributed by atoms with E-state index in [1.807, 2.05) is 10.9 Å². The van der Waals surface area contributed by atoms with Crippen LogP contribution in [0, 0.1) is 0 Å². The minimum absolute atomic E-state index is 0. The number of hydrogen-bond acceptors (Lipinski definition) is 2. The molecule has 0 unspecified atom stereocenters. The molecular weight excluding hydrogens is 198 g/mol. The van der Waals surface area contributed by atoms with Gasteiger partial charge in [0.25, 0.3) is 0 Å². The summed E-state index contributed by atoms with van der Waals surface area (Å²) in [6, 6.07) is 2.07. The maximum absolute atomic E-state index is 4.38. The Kier molecular flexibility index (Phi) is 7.52. The van der Waals surface area contributed by atoms with Crippen LogP contribution in [0.3, 0.4) is 0 Å². The van der Waals surface area contributed by atoms with Crippen LogP contribution in [0.4, 0.5) is 0 Å². The molecule has 0 aliphatic heterocycles. The second kappa shape index (κ2) is 7.83. The van der Waals surface area contributed by atoms with Gasteiger partial charge in [0.15, 0.2) is 0 Å². The lowest BCUT2D eigenvalue weighted by Gasteiger charge is -2.00. The minimum Gasteiger partial charge on any atom is -0.311 e. The predicted octanol–water partition coefficient (Wildman–Crippen LogP) is 2.21. The Morgan fingerprint density at radius 1 is 1.43 bits per heavy atom. The largest absolute Gasteiger partial charge is 0.311 e. The summed E-state index contributed by atoms with van der Waals surface area (Å²) in [7, 11) is 0. The number of hydrogen-bond donors (Lipinski definition) is 1.